The van der Waals surface area contributed by atoms with Crippen molar-refractivity contribution < 1.29 is 14.3 Å². The monoisotopic (exact) mass is 250 g/mol. The average molecular weight is 250 g/mol. The van der Waals surface area contributed by atoms with E-state index in [0.29, 0.717) is 24.5 Å². The van der Waals surface area contributed by atoms with Gasteiger partial charge in [0.15, 0.2) is 5.78 Å². The molecule has 1 aromatic rings. The van der Waals surface area contributed by atoms with Crippen LogP contribution in [-0.2, 0) is 4.74 Å². The van der Waals surface area contributed by atoms with Gasteiger partial charge in [-0.05, 0) is 25.5 Å². The molecule has 0 amide bonds. The summed E-state index contributed by atoms with van der Waals surface area (Å²) in [6, 6.07) is 7.29. The van der Waals surface area contributed by atoms with Crippen LogP contribution in [-0.4, -0.2) is 25.6 Å². The van der Waals surface area contributed by atoms with Gasteiger partial charge in [-0.2, -0.15) is 0 Å². The van der Waals surface area contributed by atoms with Crippen molar-refractivity contribution in [2.24, 2.45) is 0 Å². The van der Waals surface area contributed by atoms with Gasteiger partial charge in [0.05, 0.1) is 12.2 Å². The van der Waals surface area contributed by atoms with Crippen molar-refractivity contribution in [2.75, 3.05) is 19.8 Å². The fourth-order valence-electron chi connectivity index (χ4n) is 1.65. The Morgan fingerprint density at radius 1 is 1.11 bits per heavy atom. The number of carbonyl (C=O) groups is 1. The summed E-state index contributed by atoms with van der Waals surface area (Å²) in [6.07, 6.45) is 3.50. The first-order valence-electron chi connectivity index (χ1n) is 6.56. The molecule has 0 heterocycles. The molecular formula is C15H22O3. The lowest BCUT2D eigenvalue weighted by Gasteiger charge is -2.09. The highest BCUT2D eigenvalue weighted by Gasteiger charge is 2.06. The molecule has 0 saturated carbocycles. The molecule has 100 valence electrons. The van der Waals surface area contributed by atoms with Crippen LogP contribution in [0.5, 0.6) is 5.75 Å². The van der Waals surface area contributed by atoms with E-state index in [0.717, 1.165) is 13.0 Å². The van der Waals surface area contributed by atoms with E-state index in [4.69, 9.17) is 9.47 Å². The van der Waals surface area contributed by atoms with E-state index < -0.39 is 0 Å². The fourth-order valence-corrected chi connectivity index (χ4v) is 1.65. The van der Waals surface area contributed by atoms with Crippen LogP contribution in [0.1, 0.15) is 43.5 Å². The Kier molecular flexibility index (Phi) is 7.11. The summed E-state index contributed by atoms with van der Waals surface area (Å²) in [5, 5.41) is 0. The molecule has 1 aromatic carbocycles. The molecule has 0 spiro atoms. The van der Waals surface area contributed by atoms with Crippen molar-refractivity contribution >= 4 is 5.78 Å². The summed E-state index contributed by atoms with van der Waals surface area (Å²) in [4.78, 5) is 11.4. The van der Waals surface area contributed by atoms with E-state index in [1.54, 1.807) is 13.0 Å². The van der Waals surface area contributed by atoms with Crippen molar-refractivity contribution in [3.8, 4) is 5.75 Å². The second-order valence-corrected chi connectivity index (χ2v) is 4.22. The van der Waals surface area contributed by atoms with E-state index in [1.165, 1.54) is 12.8 Å². The van der Waals surface area contributed by atoms with E-state index >= 15 is 0 Å². The van der Waals surface area contributed by atoms with Gasteiger partial charge in [-0.15, -0.1) is 0 Å². The Bertz CT molecular complexity index is 361. The lowest BCUT2D eigenvalue weighted by molar-refractivity contribution is 0.0943. The second-order valence-electron chi connectivity index (χ2n) is 4.22. The van der Waals surface area contributed by atoms with Crippen molar-refractivity contribution in [2.45, 2.75) is 33.1 Å². The number of para-hydroxylation sites is 1. The molecule has 0 bridgehead atoms. The third-order valence-corrected chi connectivity index (χ3v) is 2.64. The number of Topliss-reactive ketones (excluding diaryl/α,β-unsaturated/α-hetero) is 1. The Balaban J connectivity index is 2.25. The van der Waals surface area contributed by atoms with Crippen molar-refractivity contribution in [1.29, 1.82) is 0 Å². The zero-order chi connectivity index (χ0) is 13.2. The Morgan fingerprint density at radius 2 is 1.89 bits per heavy atom. The van der Waals surface area contributed by atoms with Crippen LogP contribution in [0, 0.1) is 0 Å². The van der Waals surface area contributed by atoms with Gasteiger partial charge in [0.1, 0.15) is 12.4 Å². The van der Waals surface area contributed by atoms with Crippen LogP contribution in [0.4, 0.5) is 0 Å². The van der Waals surface area contributed by atoms with Gasteiger partial charge in [-0.3, -0.25) is 4.79 Å². The van der Waals surface area contributed by atoms with Crippen molar-refractivity contribution in [1.82, 2.24) is 0 Å². The number of rotatable bonds is 9. The number of hydrogen-bond donors (Lipinski definition) is 0. The predicted molar refractivity (Wildman–Crippen MR) is 72.3 cm³/mol. The van der Waals surface area contributed by atoms with Gasteiger partial charge in [0.2, 0.25) is 0 Å². The van der Waals surface area contributed by atoms with Crippen LogP contribution in [0.3, 0.4) is 0 Å². The minimum Gasteiger partial charge on any atom is -0.490 e. The summed E-state index contributed by atoms with van der Waals surface area (Å²) in [5.74, 6) is 0.664. The number of hydrogen-bond acceptors (Lipinski definition) is 3. The first-order valence-corrected chi connectivity index (χ1v) is 6.56. The first kappa shape index (κ1) is 14.7. The SMILES string of the molecule is CCCCCOCCOc1ccccc1C(C)=O. The van der Waals surface area contributed by atoms with E-state index in [-0.39, 0.29) is 5.78 Å². The normalized spacial score (nSPS) is 10.3. The molecule has 0 aliphatic rings. The fraction of sp³-hybridized carbons (Fsp3) is 0.533. The highest BCUT2D eigenvalue weighted by molar-refractivity contribution is 5.96. The molecule has 0 aromatic heterocycles. The van der Waals surface area contributed by atoms with Gasteiger partial charge in [0, 0.05) is 6.61 Å². The van der Waals surface area contributed by atoms with Gasteiger partial charge in [-0.1, -0.05) is 31.9 Å². The Morgan fingerprint density at radius 3 is 2.61 bits per heavy atom. The predicted octanol–water partition coefficient (Wildman–Crippen LogP) is 3.47. The number of unbranched alkanes of at least 4 members (excludes halogenated alkanes) is 2. The quantitative estimate of drug-likeness (QED) is 0.497. The standard InChI is InChI=1S/C15H22O3/c1-3-4-7-10-17-11-12-18-15-9-6-5-8-14(15)13(2)16/h5-6,8-9H,3-4,7,10-12H2,1-2H3. The van der Waals surface area contributed by atoms with Gasteiger partial charge in [0.25, 0.3) is 0 Å². The van der Waals surface area contributed by atoms with Gasteiger partial charge < -0.3 is 9.47 Å². The van der Waals surface area contributed by atoms with Gasteiger partial charge in [-0.25, -0.2) is 0 Å². The third-order valence-electron chi connectivity index (χ3n) is 2.64. The Hall–Kier alpha value is -1.35. The number of ketones is 1. The highest BCUT2D eigenvalue weighted by Crippen LogP contribution is 2.18. The molecule has 0 N–H and O–H groups in total. The van der Waals surface area contributed by atoms with Crippen LogP contribution >= 0.6 is 0 Å². The average Bonchev–Trinajstić information content (AvgIpc) is 2.38. The molecule has 1 rings (SSSR count). The zero-order valence-corrected chi connectivity index (χ0v) is 11.3. The summed E-state index contributed by atoms with van der Waals surface area (Å²) in [5.41, 5.74) is 0.628. The molecule has 3 heteroatoms. The van der Waals surface area contributed by atoms with Crippen molar-refractivity contribution in [3.05, 3.63) is 29.8 Å². The molecule has 0 aliphatic heterocycles. The first-order chi connectivity index (χ1) is 8.75. The van der Waals surface area contributed by atoms with Crippen LogP contribution in [0.2, 0.25) is 0 Å². The molecule has 0 atom stereocenters. The lowest BCUT2D eigenvalue weighted by atomic mass is 10.1. The maximum Gasteiger partial charge on any atom is 0.163 e. The summed E-state index contributed by atoms with van der Waals surface area (Å²) >= 11 is 0. The van der Waals surface area contributed by atoms with Gasteiger partial charge >= 0.3 is 0 Å². The maximum atomic E-state index is 11.4. The molecule has 0 fully saturated rings. The number of benzene rings is 1. The largest absolute Gasteiger partial charge is 0.490 e. The number of ether oxygens (including phenoxy) is 2. The molecule has 18 heavy (non-hydrogen) atoms. The van der Waals surface area contributed by atoms with Crippen LogP contribution in [0.25, 0.3) is 0 Å². The summed E-state index contributed by atoms with van der Waals surface area (Å²) in [7, 11) is 0. The van der Waals surface area contributed by atoms with Crippen LogP contribution in [0.15, 0.2) is 24.3 Å². The minimum atomic E-state index is 0.0227. The molecule has 0 unspecified atom stereocenters. The number of carbonyl (C=O) groups excluding carboxylic acids is 1. The van der Waals surface area contributed by atoms with E-state index in [2.05, 4.69) is 6.92 Å². The van der Waals surface area contributed by atoms with Crippen molar-refractivity contribution in [3.63, 3.8) is 0 Å². The lowest BCUT2D eigenvalue weighted by Crippen LogP contribution is -2.09. The third kappa shape index (κ3) is 5.32. The molecule has 3 nitrogen and oxygen atoms in total. The highest BCUT2D eigenvalue weighted by atomic mass is 16.5. The smallest absolute Gasteiger partial charge is 0.163 e. The Labute approximate surface area is 109 Å². The second kappa shape index (κ2) is 8.70. The zero-order valence-electron chi connectivity index (χ0n) is 11.3. The molecule has 0 radical (unpaired) electrons. The minimum absolute atomic E-state index is 0.0227. The van der Waals surface area contributed by atoms with Crippen LogP contribution < -0.4 is 4.74 Å². The molecular weight excluding hydrogens is 228 g/mol. The molecule has 0 aliphatic carbocycles. The summed E-state index contributed by atoms with van der Waals surface area (Å²) in [6.45, 7) is 5.54. The van der Waals surface area contributed by atoms with E-state index in [1.807, 2.05) is 18.2 Å². The van der Waals surface area contributed by atoms with E-state index in [9.17, 15) is 4.79 Å². The maximum absolute atomic E-state index is 11.4. The topological polar surface area (TPSA) is 35.5 Å². The summed E-state index contributed by atoms with van der Waals surface area (Å²) < 4.78 is 11.0. The molecule has 0 saturated heterocycles.